The van der Waals surface area contributed by atoms with Crippen LogP contribution in [0.1, 0.15) is 18.1 Å². The molecule has 1 unspecified atom stereocenters. The number of hydrogen-bond acceptors (Lipinski definition) is 4. The summed E-state index contributed by atoms with van der Waals surface area (Å²) < 4.78 is 13.1. The van der Waals surface area contributed by atoms with Crippen molar-refractivity contribution in [3.63, 3.8) is 0 Å². The van der Waals surface area contributed by atoms with Gasteiger partial charge in [-0.25, -0.2) is 4.39 Å². The van der Waals surface area contributed by atoms with Gasteiger partial charge in [-0.1, -0.05) is 18.1 Å². The molecule has 0 spiro atoms. The number of halogens is 1. The molecule has 0 aliphatic rings. The van der Waals surface area contributed by atoms with Gasteiger partial charge in [0.05, 0.1) is 0 Å². The summed E-state index contributed by atoms with van der Waals surface area (Å²) in [5.74, 6) is 1.11. The van der Waals surface area contributed by atoms with E-state index in [0.717, 1.165) is 11.3 Å². The molecule has 0 aliphatic carbocycles. The fourth-order valence-electron chi connectivity index (χ4n) is 1.39. The molecule has 1 aromatic carbocycles. The number of nitrogens with two attached hydrogens (primary N) is 1. The molecule has 0 aliphatic heterocycles. The van der Waals surface area contributed by atoms with Crippen LogP contribution in [0.15, 0.2) is 23.4 Å². The van der Waals surface area contributed by atoms with Gasteiger partial charge < -0.3 is 16.0 Å². The number of rotatable bonds is 6. The van der Waals surface area contributed by atoms with E-state index in [9.17, 15) is 4.39 Å². The van der Waals surface area contributed by atoms with Crippen molar-refractivity contribution < 1.29 is 14.7 Å². The lowest BCUT2D eigenvalue weighted by atomic mass is 10.1. The van der Waals surface area contributed by atoms with Crippen LogP contribution in [0.5, 0.6) is 0 Å². The highest BCUT2D eigenvalue weighted by atomic mass is 32.2. The van der Waals surface area contributed by atoms with Gasteiger partial charge in [0, 0.05) is 17.9 Å². The minimum Gasteiger partial charge on any atom is -0.409 e. The molecule has 0 heterocycles. The topological polar surface area (TPSA) is 78.8 Å². The van der Waals surface area contributed by atoms with Gasteiger partial charge >= 0.3 is 0 Å². The van der Waals surface area contributed by atoms with Crippen LogP contribution in [-0.2, 0) is 5.75 Å². The van der Waals surface area contributed by atoms with Gasteiger partial charge in [-0.15, -0.1) is 0 Å². The summed E-state index contributed by atoms with van der Waals surface area (Å²) in [5.41, 5.74) is 6.72. The lowest BCUT2D eigenvalue weighted by Gasteiger charge is -2.10. The highest BCUT2D eigenvalue weighted by Crippen LogP contribution is 2.19. The Hall–Kier alpha value is -1.27. The molecule has 0 radical (unpaired) electrons. The zero-order chi connectivity index (χ0) is 13.5. The Morgan fingerprint density at radius 1 is 1.56 bits per heavy atom. The summed E-state index contributed by atoms with van der Waals surface area (Å²) in [6.07, 6.45) is 0. The molecule has 0 saturated carbocycles. The molecule has 0 bridgehead atoms. The smallest absolute Gasteiger partial charge is 0.170 e. The number of aliphatic hydroxyl groups is 1. The molecular weight excluding hydrogens is 255 g/mol. The predicted octanol–water partition coefficient (Wildman–Crippen LogP) is 1.78. The number of oxime groups is 1. The molecule has 1 aromatic rings. The van der Waals surface area contributed by atoms with E-state index in [2.05, 4.69) is 5.16 Å². The lowest BCUT2D eigenvalue weighted by Crippen LogP contribution is -2.16. The van der Waals surface area contributed by atoms with Crippen molar-refractivity contribution in [1.82, 2.24) is 0 Å². The molecule has 4 N–H and O–H groups in total. The van der Waals surface area contributed by atoms with Crippen LogP contribution in [0.2, 0.25) is 0 Å². The molecule has 0 saturated heterocycles. The summed E-state index contributed by atoms with van der Waals surface area (Å²) >= 11 is 1.61. The quantitative estimate of drug-likeness (QED) is 0.319. The standard InChI is InChI=1S/C12H17FN2O2S/c1-8(5-16)6-18-7-9-2-3-10(13)4-11(9)12(14)15-17/h2-4,8,16-17H,5-7H2,1H3,(H2,14,15). The van der Waals surface area contributed by atoms with E-state index in [1.165, 1.54) is 12.1 Å². The Morgan fingerprint density at radius 2 is 2.28 bits per heavy atom. The second-order valence-corrected chi connectivity index (χ2v) is 5.12. The first-order chi connectivity index (χ1) is 8.58. The van der Waals surface area contributed by atoms with E-state index in [0.29, 0.717) is 11.3 Å². The van der Waals surface area contributed by atoms with Crippen molar-refractivity contribution in [3.8, 4) is 0 Å². The highest BCUT2D eigenvalue weighted by Gasteiger charge is 2.09. The third-order valence-electron chi connectivity index (χ3n) is 2.43. The Balaban J connectivity index is 2.76. The van der Waals surface area contributed by atoms with E-state index < -0.39 is 5.82 Å². The number of nitrogens with zero attached hydrogens (tertiary/aromatic N) is 1. The maximum absolute atomic E-state index is 13.1. The second kappa shape index (κ2) is 7.23. The van der Waals surface area contributed by atoms with Crippen LogP contribution in [-0.4, -0.2) is 28.5 Å². The van der Waals surface area contributed by atoms with Gasteiger partial charge in [0.1, 0.15) is 5.82 Å². The number of thioether (sulfide) groups is 1. The summed E-state index contributed by atoms with van der Waals surface area (Å²) in [6.45, 7) is 2.09. The SMILES string of the molecule is CC(CO)CSCc1ccc(F)cc1C(N)=NO. The van der Waals surface area contributed by atoms with Gasteiger partial charge in [0.2, 0.25) is 0 Å². The molecular formula is C12H17FN2O2S. The van der Waals surface area contributed by atoms with Gasteiger partial charge in [0.15, 0.2) is 5.84 Å². The number of aliphatic hydroxyl groups excluding tert-OH is 1. The molecule has 0 fully saturated rings. The third-order valence-corrected chi connectivity index (χ3v) is 3.75. The van der Waals surface area contributed by atoms with Gasteiger partial charge in [-0.3, -0.25) is 0 Å². The Morgan fingerprint density at radius 3 is 2.89 bits per heavy atom. The van der Waals surface area contributed by atoms with E-state index in [1.807, 2.05) is 6.92 Å². The van der Waals surface area contributed by atoms with Crippen LogP contribution >= 0.6 is 11.8 Å². The number of amidine groups is 1. The molecule has 100 valence electrons. The fraction of sp³-hybridized carbons (Fsp3) is 0.417. The molecule has 4 nitrogen and oxygen atoms in total. The van der Waals surface area contributed by atoms with Crippen molar-refractivity contribution in [2.24, 2.45) is 16.8 Å². The summed E-state index contributed by atoms with van der Waals surface area (Å²) in [5, 5.41) is 20.5. The average molecular weight is 272 g/mol. The molecule has 0 amide bonds. The van der Waals surface area contributed by atoms with Crippen LogP contribution in [0.3, 0.4) is 0 Å². The summed E-state index contributed by atoms with van der Waals surface area (Å²) in [7, 11) is 0. The van der Waals surface area contributed by atoms with E-state index >= 15 is 0 Å². The van der Waals surface area contributed by atoms with Crippen LogP contribution in [0, 0.1) is 11.7 Å². The molecule has 1 atom stereocenters. The first-order valence-corrected chi connectivity index (χ1v) is 6.68. The maximum Gasteiger partial charge on any atom is 0.170 e. The van der Waals surface area contributed by atoms with Crippen LogP contribution in [0.25, 0.3) is 0 Å². The average Bonchev–Trinajstić information content (AvgIpc) is 2.39. The highest BCUT2D eigenvalue weighted by molar-refractivity contribution is 7.98. The molecule has 18 heavy (non-hydrogen) atoms. The molecule has 0 aromatic heterocycles. The van der Waals surface area contributed by atoms with E-state index in [1.54, 1.807) is 17.8 Å². The summed E-state index contributed by atoms with van der Waals surface area (Å²) in [6, 6.07) is 4.22. The van der Waals surface area contributed by atoms with Crippen LogP contribution < -0.4 is 5.73 Å². The predicted molar refractivity (Wildman–Crippen MR) is 71.3 cm³/mol. The molecule has 1 rings (SSSR count). The Labute approximate surface area is 110 Å². The van der Waals surface area contributed by atoms with Crippen molar-refractivity contribution in [2.75, 3.05) is 12.4 Å². The first kappa shape index (κ1) is 14.8. The van der Waals surface area contributed by atoms with Gasteiger partial charge in [0.25, 0.3) is 0 Å². The van der Waals surface area contributed by atoms with Gasteiger partial charge in [-0.05, 0) is 29.4 Å². The van der Waals surface area contributed by atoms with Gasteiger partial charge in [-0.2, -0.15) is 11.8 Å². The summed E-state index contributed by atoms with van der Waals surface area (Å²) in [4.78, 5) is 0. The number of benzene rings is 1. The van der Waals surface area contributed by atoms with Crippen molar-refractivity contribution in [3.05, 3.63) is 35.1 Å². The second-order valence-electron chi connectivity index (χ2n) is 4.09. The monoisotopic (exact) mass is 272 g/mol. The number of hydrogen-bond donors (Lipinski definition) is 3. The Kier molecular flexibility index (Phi) is 5.94. The van der Waals surface area contributed by atoms with E-state index in [4.69, 9.17) is 16.0 Å². The maximum atomic E-state index is 13.1. The van der Waals surface area contributed by atoms with E-state index in [-0.39, 0.29) is 18.4 Å². The minimum atomic E-state index is -0.422. The van der Waals surface area contributed by atoms with Crippen LogP contribution in [0.4, 0.5) is 4.39 Å². The zero-order valence-electron chi connectivity index (χ0n) is 10.1. The Bertz CT molecular complexity index is 427. The lowest BCUT2D eigenvalue weighted by molar-refractivity contribution is 0.250. The first-order valence-electron chi connectivity index (χ1n) is 5.53. The fourth-order valence-corrected chi connectivity index (χ4v) is 2.49. The molecule has 6 heteroatoms. The largest absolute Gasteiger partial charge is 0.409 e. The minimum absolute atomic E-state index is 0.0969. The van der Waals surface area contributed by atoms with Crippen molar-refractivity contribution in [2.45, 2.75) is 12.7 Å². The third kappa shape index (κ3) is 4.19. The normalized spacial score (nSPS) is 13.6. The van der Waals surface area contributed by atoms with Crippen molar-refractivity contribution >= 4 is 17.6 Å². The zero-order valence-corrected chi connectivity index (χ0v) is 11.0. The van der Waals surface area contributed by atoms with Crippen molar-refractivity contribution in [1.29, 1.82) is 0 Å².